The van der Waals surface area contributed by atoms with Crippen LogP contribution in [0.1, 0.15) is 44.3 Å². The molecule has 0 fully saturated rings. The maximum absolute atomic E-state index is 13.7. The van der Waals surface area contributed by atoms with Gasteiger partial charge in [-0.1, -0.05) is 23.7 Å². The minimum atomic E-state index is -1.57. The lowest BCUT2D eigenvalue weighted by Crippen LogP contribution is -2.32. The van der Waals surface area contributed by atoms with Crippen LogP contribution in [0.5, 0.6) is 5.75 Å². The molecule has 1 heterocycles. The molecule has 0 saturated carbocycles. The van der Waals surface area contributed by atoms with Gasteiger partial charge in [0.15, 0.2) is 5.16 Å². The van der Waals surface area contributed by atoms with Crippen molar-refractivity contribution in [3.8, 4) is 5.75 Å². The highest BCUT2D eigenvalue weighted by atomic mass is 35.5. The Balaban J connectivity index is 1.76. The van der Waals surface area contributed by atoms with E-state index in [1.807, 2.05) is 25.3 Å². The van der Waals surface area contributed by atoms with Crippen LogP contribution in [0.4, 0.5) is 5.69 Å². The third kappa shape index (κ3) is 5.15. The number of nitrogens with zero attached hydrogens (tertiary/aromatic N) is 2. The smallest absolute Gasteiger partial charge is 0.265 e. The van der Waals surface area contributed by atoms with Crippen LogP contribution in [0.15, 0.2) is 53.7 Å². The maximum atomic E-state index is 13.7. The van der Waals surface area contributed by atoms with Crippen LogP contribution in [0, 0.1) is 13.8 Å². The number of hydrazine groups is 1. The van der Waals surface area contributed by atoms with Gasteiger partial charge in [0.25, 0.3) is 11.8 Å². The Bertz CT molecular complexity index is 1580. The second-order valence-electron chi connectivity index (χ2n) is 8.61. The maximum Gasteiger partial charge on any atom is 0.265 e. The fourth-order valence-corrected chi connectivity index (χ4v) is 6.11. The van der Waals surface area contributed by atoms with E-state index in [1.54, 1.807) is 43.5 Å². The van der Waals surface area contributed by atoms with E-state index >= 15 is 0 Å². The second-order valence-corrected chi connectivity index (χ2v) is 10.4. The monoisotopic (exact) mass is 553 g/mol. The van der Waals surface area contributed by atoms with Gasteiger partial charge in [0.2, 0.25) is 0 Å². The summed E-state index contributed by atoms with van der Waals surface area (Å²) in [4.78, 5) is 30.2. The lowest BCUT2D eigenvalue weighted by Gasteiger charge is -2.19. The lowest BCUT2D eigenvalue weighted by molar-refractivity contribution is 0.0940. The zero-order valence-corrected chi connectivity index (χ0v) is 23.0. The Morgan fingerprint density at radius 3 is 2.42 bits per heavy atom. The number of hydrogen-bond acceptors (Lipinski definition) is 6. The normalized spacial score (nSPS) is 11.8. The summed E-state index contributed by atoms with van der Waals surface area (Å²) < 4.78 is 21.2. The number of nitrogens with two attached hydrogens (primary N) is 1. The highest BCUT2D eigenvalue weighted by Crippen LogP contribution is 2.34. The summed E-state index contributed by atoms with van der Waals surface area (Å²) in [5, 5.41) is 3.88. The van der Waals surface area contributed by atoms with Gasteiger partial charge in [0.1, 0.15) is 5.75 Å². The van der Waals surface area contributed by atoms with Crippen molar-refractivity contribution in [2.24, 2.45) is 5.84 Å². The van der Waals surface area contributed by atoms with E-state index in [0.717, 1.165) is 16.6 Å². The Morgan fingerprint density at radius 2 is 1.79 bits per heavy atom. The molecule has 2 amide bonds. The highest BCUT2D eigenvalue weighted by molar-refractivity contribution is 7.84. The number of ether oxygens (including phenoxy) is 1. The van der Waals surface area contributed by atoms with Crippen LogP contribution in [0.25, 0.3) is 11.0 Å². The van der Waals surface area contributed by atoms with Gasteiger partial charge in [-0.05, 0) is 73.9 Å². The van der Waals surface area contributed by atoms with Crippen LogP contribution >= 0.6 is 11.6 Å². The molecular weight excluding hydrogens is 526 g/mol. The van der Waals surface area contributed by atoms with Gasteiger partial charge in [0.05, 0.1) is 45.8 Å². The van der Waals surface area contributed by atoms with Gasteiger partial charge in [-0.3, -0.25) is 19.2 Å². The number of methoxy groups -OCH3 is 1. The number of nitrogen functional groups attached to an aromatic ring is 1. The first-order chi connectivity index (χ1) is 18.2. The number of imidazole rings is 1. The minimum Gasteiger partial charge on any atom is -0.496 e. The zero-order valence-electron chi connectivity index (χ0n) is 21.4. The van der Waals surface area contributed by atoms with E-state index in [4.69, 9.17) is 22.2 Å². The first-order valence-electron chi connectivity index (χ1n) is 11.8. The molecule has 11 heteroatoms. The van der Waals surface area contributed by atoms with Gasteiger partial charge in [-0.15, -0.1) is 0 Å². The number of halogens is 1. The van der Waals surface area contributed by atoms with Crippen molar-refractivity contribution in [3.63, 3.8) is 0 Å². The topological polar surface area (TPSA) is 128 Å². The Kier molecular flexibility index (Phi) is 8.15. The number of aromatic nitrogens is 2. The molecule has 4 aromatic rings. The number of hydrogen-bond donors (Lipinski definition) is 3. The Morgan fingerprint density at radius 1 is 1.11 bits per heavy atom. The van der Waals surface area contributed by atoms with Crippen LogP contribution in [-0.4, -0.2) is 32.7 Å². The summed E-state index contributed by atoms with van der Waals surface area (Å²) in [6, 6.07) is 13.5. The molecule has 0 aliphatic heterocycles. The number of carbonyl (C=O) groups excluding carboxylic acids is 2. The number of carbonyl (C=O) groups is 2. The van der Waals surface area contributed by atoms with E-state index in [9.17, 15) is 13.8 Å². The van der Waals surface area contributed by atoms with E-state index in [1.165, 1.54) is 12.1 Å². The van der Waals surface area contributed by atoms with Gasteiger partial charge in [-0.2, -0.15) is 0 Å². The van der Waals surface area contributed by atoms with Gasteiger partial charge in [-0.25, -0.2) is 10.8 Å². The van der Waals surface area contributed by atoms with E-state index in [0.29, 0.717) is 39.2 Å². The molecule has 4 rings (SSSR count). The fourth-order valence-electron chi connectivity index (χ4n) is 4.51. The van der Waals surface area contributed by atoms with E-state index < -0.39 is 22.6 Å². The van der Waals surface area contributed by atoms with Crippen molar-refractivity contribution in [3.05, 3.63) is 81.4 Å². The first kappa shape index (κ1) is 27.3. The number of aryl methyl sites for hydroxylation is 2. The number of amides is 2. The molecule has 38 heavy (non-hydrogen) atoms. The van der Waals surface area contributed by atoms with Crippen molar-refractivity contribution in [1.29, 1.82) is 0 Å². The average molecular weight is 554 g/mol. The summed E-state index contributed by atoms with van der Waals surface area (Å²) in [5.74, 6) is 4.91. The molecule has 1 unspecified atom stereocenters. The van der Waals surface area contributed by atoms with Crippen LogP contribution in [0.2, 0.25) is 5.02 Å². The number of anilines is 1. The molecule has 1 aromatic heterocycles. The predicted molar refractivity (Wildman–Crippen MR) is 149 cm³/mol. The van der Waals surface area contributed by atoms with Crippen LogP contribution < -0.4 is 21.3 Å². The second kappa shape index (κ2) is 11.3. The standard InChI is InChI=1S/C27H28ClN5O4S/c1-5-33-23-13-17(28)10-11-21(23)31-27(33)38(36)14-20-16(3)24(37-4)15(2)12-22(20)30-25(34)18-8-6-7-9-19(18)26(35)32-29/h6-13H,5,14,29H2,1-4H3,(H,30,34)(H,32,35). The molecule has 0 aliphatic rings. The SMILES string of the molecule is CCn1c(S(=O)Cc2c(NC(=O)c3ccccc3C(=O)NN)cc(C)c(OC)c2C)nc2ccc(Cl)cc21. The number of nitrogens with one attached hydrogen (secondary N) is 2. The molecule has 0 bridgehead atoms. The highest BCUT2D eigenvalue weighted by Gasteiger charge is 2.23. The third-order valence-corrected chi connectivity index (χ3v) is 7.81. The Labute approximate surface area is 227 Å². The van der Waals surface area contributed by atoms with E-state index in [2.05, 4.69) is 15.7 Å². The molecule has 1 atom stereocenters. The Hall–Kier alpha value is -3.73. The van der Waals surface area contributed by atoms with Crippen LogP contribution in [0.3, 0.4) is 0 Å². The molecule has 3 aromatic carbocycles. The van der Waals surface area contributed by atoms with Gasteiger partial charge < -0.3 is 14.6 Å². The fraction of sp³-hybridized carbons (Fsp3) is 0.222. The van der Waals surface area contributed by atoms with Crippen molar-refractivity contribution in [2.45, 2.75) is 38.2 Å². The molecule has 9 nitrogen and oxygen atoms in total. The molecule has 198 valence electrons. The molecule has 4 N–H and O–H groups in total. The predicted octanol–water partition coefficient (Wildman–Crippen LogP) is 4.50. The summed E-state index contributed by atoms with van der Waals surface area (Å²) in [5.41, 5.74) is 6.46. The molecule has 0 spiro atoms. The third-order valence-electron chi connectivity index (χ3n) is 6.31. The van der Waals surface area contributed by atoms with Crippen molar-refractivity contribution in [2.75, 3.05) is 12.4 Å². The average Bonchev–Trinajstić information content (AvgIpc) is 3.28. The van der Waals surface area contributed by atoms with E-state index in [-0.39, 0.29) is 16.9 Å². The van der Waals surface area contributed by atoms with Gasteiger partial charge in [0, 0.05) is 17.3 Å². The molecular formula is C27H28ClN5O4S. The first-order valence-corrected chi connectivity index (χ1v) is 13.5. The van der Waals surface area contributed by atoms with Crippen molar-refractivity contribution in [1.82, 2.24) is 15.0 Å². The molecule has 0 radical (unpaired) electrons. The summed E-state index contributed by atoms with van der Waals surface area (Å²) in [6.07, 6.45) is 0. The zero-order chi connectivity index (χ0) is 27.6. The number of rotatable bonds is 8. The van der Waals surface area contributed by atoms with Crippen molar-refractivity contribution >= 4 is 50.9 Å². The van der Waals surface area contributed by atoms with Gasteiger partial charge >= 0.3 is 0 Å². The molecule has 0 saturated heterocycles. The van der Waals surface area contributed by atoms with Crippen LogP contribution in [-0.2, 0) is 23.1 Å². The van der Waals surface area contributed by atoms with Crippen molar-refractivity contribution < 1.29 is 18.5 Å². The summed E-state index contributed by atoms with van der Waals surface area (Å²) in [7, 11) is -0.00797. The molecule has 0 aliphatic carbocycles. The lowest BCUT2D eigenvalue weighted by atomic mass is 10.0. The number of benzene rings is 3. The summed E-state index contributed by atoms with van der Waals surface area (Å²) in [6.45, 7) is 6.21. The minimum absolute atomic E-state index is 0.0695. The number of fused-ring (bicyclic) bond motifs is 1. The summed E-state index contributed by atoms with van der Waals surface area (Å²) >= 11 is 6.19. The quantitative estimate of drug-likeness (QED) is 0.167. The largest absolute Gasteiger partial charge is 0.496 e.